The molecule has 3 aromatic carbocycles. The maximum atomic E-state index is 13.8. The molecule has 0 atom stereocenters. The molecule has 0 aliphatic carbocycles. The summed E-state index contributed by atoms with van der Waals surface area (Å²) in [6.45, 7) is 2.44. The van der Waals surface area contributed by atoms with Crippen molar-refractivity contribution in [3.63, 3.8) is 0 Å². The highest BCUT2D eigenvalue weighted by Gasteiger charge is 2.30. The summed E-state index contributed by atoms with van der Waals surface area (Å²) in [6, 6.07) is 20.3. The molecule has 4 aromatic rings. The van der Waals surface area contributed by atoms with Gasteiger partial charge < -0.3 is 14.9 Å². The van der Waals surface area contributed by atoms with Crippen LogP contribution in [-0.2, 0) is 36.9 Å². The van der Waals surface area contributed by atoms with Gasteiger partial charge in [-0.15, -0.1) is 0 Å². The number of hydrogen-bond acceptors (Lipinski definition) is 5. The first kappa shape index (κ1) is 28.8. The highest BCUT2D eigenvalue weighted by molar-refractivity contribution is 5.96. The third-order valence-electron chi connectivity index (χ3n) is 7.22. The molecule has 2 heterocycles. The van der Waals surface area contributed by atoms with E-state index < -0.39 is 30.2 Å². The highest BCUT2D eigenvalue weighted by atomic mass is 19.4. The Morgan fingerprint density at radius 3 is 2.40 bits per heavy atom. The number of anilines is 1. The van der Waals surface area contributed by atoms with E-state index >= 15 is 0 Å². The molecule has 0 saturated heterocycles. The molecule has 10 heteroatoms. The summed E-state index contributed by atoms with van der Waals surface area (Å²) in [4.78, 5) is 38.0. The fourth-order valence-corrected chi connectivity index (χ4v) is 5.11. The first-order valence-electron chi connectivity index (χ1n) is 13.5. The molecule has 1 aliphatic rings. The minimum Gasteiger partial charge on any atom is -0.480 e. The molecular weight excluding hydrogens is 545 g/mol. The lowest BCUT2D eigenvalue weighted by Crippen LogP contribution is -2.36. The number of carbonyl (C=O) groups excluding carboxylic acids is 1. The van der Waals surface area contributed by atoms with E-state index in [1.807, 2.05) is 48.2 Å². The summed E-state index contributed by atoms with van der Waals surface area (Å²) in [5.74, 6) is -1.40. The average Bonchev–Trinajstić information content (AvgIpc) is 2.96. The van der Waals surface area contributed by atoms with Crippen molar-refractivity contribution in [2.45, 2.75) is 39.0 Å². The van der Waals surface area contributed by atoms with Crippen LogP contribution in [0.15, 0.2) is 79.0 Å². The Kier molecular flexibility index (Phi) is 8.24. The number of carboxylic acids is 1. The number of hydrogen-bond donors (Lipinski definition) is 1. The first-order chi connectivity index (χ1) is 20.1. The molecule has 1 aromatic heterocycles. The van der Waals surface area contributed by atoms with Gasteiger partial charge in [0.15, 0.2) is 0 Å². The number of fused-ring (bicyclic) bond motifs is 1. The van der Waals surface area contributed by atoms with Gasteiger partial charge in [0.1, 0.15) is 6.54 Å². The smallest absolute Gasteiger partial charge is 0.416 e. The SMILES string of the molecule is Cc1cccc(Cc2nc(N3CCc4ccccc4C3)ncc2C(=O)N(CC(=O)O)Cc2ccc(C(F)(F)F)cc2)c1. The van der Waals surface area contributed by atoms with Gasteiger partial charge in [-0.1, -0.05) is 66.2 Å². The zero-order valence-electron chi connectivity index (χ0n) is 22.9. The molecule has 42 heavy (non-hydrogen) atoms. The second-order valence-corrected chi connectivity index (χ2v) is 10.4. The molecule has 1 amide bonds. The Bertz CT molecular complexity index is 1610. The quantitative estimate of drug-likeness (QED) is 0.291. The zero-order chi connectivity index (χ0) is 29.9. The van der Waals surface area contributed by atoms with Crippen molar-refractivity contribution in [1.29, 1.82) is 0 Å². The molecule has 216 valence electrons. The van der Waals surface area contributed by atoms with Crippen LogP contribution < -0.4 is 4.90 Å². The Labute approximate surface area is 241 Å². The number of aryl methyl sites for hydroxylation is 1. The second-order valence-electron chi connectivity index (χ2n) is 10.4. The van der Waals surface area contributed by atoms with E-state index in [9.17, 15) is 27.9 Å². The van der Waals surface area contributed by atoms with Gasteiger partial charge in [-0.25, -0.2) is 9.97 Å². The van der Waals surface area contributed by atoms with Crippen LogP contribution >= 0.6 is 0 Å². The van der Waals surface area contributed by atoms with Gasteiger partial charge in [-0.05, 0) is 47.7 Å². The number of aromatic nitrogens is 2. The van der Waals surface area contributed by atoms with Gasteiger partial charge in [-0.3, -0.25) is 9.59 Å². The maximum absolute atomic E-state index is 13.8. The van der Waals surface area contributed by atoms with Gasteiger partial charge >= 0.3 is 12.1 Å². The van der Waals surface area contributed by atoms with Crippen LogP contribution in [-0.4, -0.2) is 44.9 Å². The molecule has 5 rings (SSSR count). The number of carboxylic acid groups (broad SMARTS) is 1. The van der Waals surface area contributed by atoms with Crippen molar-refractivity contribution in [1.82, 2.24) is 14.9 Å². The Morgan fingerprint density at radius 1 is 0.976 bits per heavy atom. The van der Waals surface area contributed by atoms with Gasteiger partial charge in [0.05, 0.1) is 16.8 Å². The summed E-state index contributed by atoms with van der Waals surface area (Å²) in [5.41, 5.74) is 4.53. The zero-order valence-corrected chi connectivity index (χ0v) is 22.9. The van der Waals surface area contributed by atoms with Crippen LogP contribution in [0.5, 0.6) is 0 Å². The number of nitrogens with zero attached hydrogens (tertiary/aromatic N) is 4. The highest BCUT2D eigenvalue weighted by Crippen LogP contribution is 2.29. The number of benzene rings is 3. The lowest BCUT2D eigenvalue weighted by Gasteiger charge is -2.29. The van der Waals surface area contributed by atoms with Crippen LogP contribution in [0, 0.1) is 6.92 Å². The normalized spacial score (nSPS) is 13.0. The van der Waals surface area contributed by atoms with E-state index in [1.165, 1.54) is 29.5 Å². The van der Waals surface area contributed by atoms with Crippen molar-refractivity contribution >= 4 is 17.8 Å². The van der Waals surface area contributed by atoms with Crippen LogP contribution in [0.4, 0.5) is 19.1 Å². The molecule has 0 spiro atoms. The van der Waals surface area contributed by atoms with E-state index in [1.54, 1.807) is 0 Å². The predicted octanol–water partition coefficient (Wildman–Crippen LogP) is 5.68. The number of halogens is 3. The lowest BCUT2D eigenvalue weighted by atomic mass is 10.00. The lowest BCUT2D eigenvalue weighted by molar-refractivity contribution is -0.138. The number of carbonyl (C=O) groups is 2. The van der Waals surface area contributed by atoms with Crippen LogP contribution in [0.1, 0.15) is 49.4 Å². The van der Waals surface area contributed by atoms with E-state index in [-0.39, 0.29) is 12.1 Å². The summed E-state index contributed by atoms with van der Waals surface area (Å²) >= 11 is 0. The molecule has 0 unspecified atom stereocenters. The number of alkyl halides is 3. The molecule has 1 aliphatic heterocycles. The van der Waals surface area contributed by atoms with Gasteiger partial charge in [0.25, 0.3) is 5.91 Å². The summed E-state index contributed by atoms with van der Waals surface area (Å²) in [7, 11) is 0. The van der Waals surface area contributed by atoms with Crippen molar-refractivity contribution < 1.29 is 27.9 Å². The molecule has 7 nitrogen and oxygen atoms in total. The van der Waals surface area contributed by atoms with Crippen LogP contribution in [0.25, 0.3) is 0 Å². The molecule has 0 saturated carbocycles. The monoisotopic (exact) mass is 574 g/mol. The summed E-state index contributed by atoms with van der Waals surface area (Å²) < 4.78 is 39.1. The Morgan fingerprint density at radius 2 is 1.71 bits per heavy atom. The molecule has 1 N–H and O–H groups in total. The van der Waals surface area contributed by atoms with E-state index in [0.717, 1.165) is 34.6 Å². The molecular formula is C32H29F3N4O3. The fraction of sp³-hybridized carbons (Fsp3) is 0.250. The minimum atomic E-state index is -4.50. The number of rotatable bonds is 8. The summed E-state index contributed by atoms with van der Waals surface area (Å²) in [5, 5.41) is 9.56. The standard InChI is InChI=1S/C32H29F3N4O3/c1-21-5-4-6-23(15-21)16-28-27(17-36-31(37-28)38-14-13-24-7-2-3-8-25(24)19-38)30(42)39(20-29(40)41)18-22-9-11-26(12-10-22)32(33,34)35/h2-12,15,17H,13-14,16,18-20H2,1H3,(H,40,41). The van der Waals surface area contributed by atoms with E-state index in [2.05, 4.69) is 17.1 Å². The second kappa shape index (κ2) is 12.0. The molecule has 0 radical (unpaired) electrons. The number of amides is 1. The number of aliphatic carboxylic acids is 1. The first-order valence-corrected chi connectivity index (χ1v) is 13.5. The largest absolute Gasteiger partial charge is 0.480 e. The van der Waals surface area contributed by atoms with Crippen molar-refractivity contribution in [3.05, 3.63) is 124 Å². The third kappa shape index (κ3) is 6.76. The van der Waals surface area contributed by atoms with Gasteiger partial charge in [-0.2, -0.15) is 13.2 Å². The average molecular weight is 575 g/mol. The van der Waals surface area contributed by atoms with Crippen molar-refractivity contribution in [2.75, 3.05) is 18.0 Å². The van der Waals surface area contributed by atoms with Crippen molar-refractivity contribution in [2.24, 2.45) is 0 Å². The van der Waals surface area contributed by atoms with Crippen LogP contribution in [0.3, 0.4) is 0 Å². The van der Waals surface area contributed by atoms with Gasteiger partial charge in [0.2, 0.25) is 5.95 Å². The van der Waals surface area contributed by atoms with Gasteiger partial charge in [0, 0.05) is 32.3 Å². The Balaban J connectivity index is 1.48. The molecule has 0 fully saturated rings. The fourth-order valence-electron chi connectivity index (χ4n) is 5.11. The third-order valence-corrected chi connectivity index (χ3v) is 7.22. The van der Waals surface area contributed by atoms with E-state index in [4.69, 9.17) is 4.98 Å². The maximum Gasteiger partial charge on any atom is 0.416 e. The predicted molar refractivity (Wildman–Crippen MR) is 151 cm³/mol. The topological polar surface area (TPSA) is 86.6 Å². The Hall–Kier alpha value is -4.73. The summed E-state index contributed by atoms with van der Waals surface area (Å²) in [6.07, 6.45) is -1.94. The minimum absolute atomic E-state index is 0.144. The van der Waals surface area contributed by atoms with Crippen molar-refractivity contribution in [3.8, 4) is 0 Å². The van der Waals surface area contributed by atoms with E-state index in [0.29, 0.717) is 36.7 Å². The molecule has 0 bridgehead atoms. The van der Waals surface area contributed by atoms with Crippen LogP contribution in [0.2, 0.25) is 0 Å².